The van der Waals surface area contributed by atoms with Gasteiger partial charge in [-0.25, -0.2) is 0 Å². The molecule has 0 radical (unpaired) electrons. The van der Waals surface area contributed by atoms with Crippen LogP contribution in [0.4, 0.5) is 5.69 Å². The fourth-order valence-electron chi connectivity index (χ4n) is 1.12. The number of nitrogens with two attached hydrogens (primary N) is 1. The standard InChI is InChI=1S/C12H16BrNO2/c1-12(2,13)11(15)16-8-7-9-3-5-10(14)6-4-9/h3-6H,7-8,14H2,1-2H3. The summed E-state index contributed by atoms with van der Waals surface area (Å²) in [5, 5.41) is 0. The van der Waals surface area contributed by atoms with Crippen LogP contribution in [-0.2, 0) is 16.0 Å². The molecule has 0 aromatic heterocycles. The maximum absolute atomic E-state index is 11.4. The van der Waals surface area contributed by atoms with Crippen molar-refractivity contribution in [2.75, 3.05) is 12.3 Å². The highest BCUT2D eigenvalue weighted by molar-refractivity contribution is 9.10. The van der Waals surface area contributed by atoms with Gasteiger partial charge in [-0.15, -0.1) is 0 Å². The molecule has 0 saturated heterocycles. The molecule has 0 aliphatic carbocycles. The second-order valence-electron chi connectivity index (χ2n) is 4.10. The molecule has 1 aromatic carbocycles. The maximum atomic E-state index is 11.4. The molecule has 88 valence electrons. The van der Waals surface area contributed by atoms with E-state index in [1.54, 1.807) is 13.8 Å². The SMILES string of the molecule is CC(C)(Br)C(=O)OCCc1ccc(N)cc1. The van der Waals surface area contributed by atoms with E-state index in [0.29, 0.717) is 13.0 Å². The third-order valence-corrected chi connectivity index (χ3v) is 2.41. The molecular formula is C12H16BrNO2. The van der Waals surface area contributed by atoms with E-state index in [9.17, 15) is 4.79 Å². The van der Waals surface area contributed by atoms with Crippen LogP contribution in [0.15, 0.2) is 24.3 Å². The topological polar surface area (TPSA) is 52.3 Å². The lowest BCUT2D eigenvalue weighted by Gasteiger charge is -2.14. The number of rotatable bonds is 4. The van der Waals surface area contributed by atoms with Crippen molar-refractivity contribution >= 4 is 27.6 Å². The van der Waals surface area contributed by atoms with Crippen LogP contribution in [-0.4, -0.2) is 16.9 Å². The van der Waals surface area contributed by atoms with Gasteiger partial charge in [0.15, 0.2) is 0 Å². The lowest BCUT2D eigenvalue weighted by atomic mass is 10.1. The number of carbonyl (C=O) groups excluding carboxylic acids is 1. The monoisotopic (exact) mass is 285 g/mol. The number of ether oxygens (including phenoxy) is 1. The highest BCUT2D eigenvalue weighted by Gasteiger charge is 2.25. The van der Waals surface area contributed by atoms with Gasteiger partial charge in [0.05, 0.1) is 6.61 Å². The maximum Gasteiger partial charge on any atom is 0.322 e. The summed E-state index contributed by atoms with van der Waals surface area (Å²) in [5.41, 5.74) is 7.41. The number of nitrogen functional groups attached to an aromatic ring is 1. The van der Waals surface area contributed by atoms with Crippen LogP contribution < -0.4 is 5.73 Å². The molecule has 1 rings (SSSR count). The summed E-state index contributed by atoms with van der Waals surface area (Å²) in [6.07, 6.45) is 0.703. The van der Waals surface area contributed by atoms with E-state index in [1.165, 1.54) is 0 Å². The minimum absolute atomic E-state index is 0.247. The molecule has 2 N–H and O–H groups in total. The average molecular weight is 286 g/mol. The molecule has 0 spiro atoms. The van der Waals surface area contributed by atoms with Crippen molar-refractivity contribution in [3.05, 3.63) is 29.8 Å². The molecule has 0 atom stereocenters. The van der Waals surface area contributed by atoms with Gasteiger partial charge in [0.25, 0.3) is 0 Å². The Morgan fingerprint density at radius 3 is 2.44 bits per heavy atom. The molecule has 0 bridgehead atoms. The zero-order valence-corrected chi connectivity index (χ0v) is 11.1. The molecule has 3 nitrogen and oxygen atoms in total. The first-order chi connectivity index (χ1) is 7.39. The van der Waals surface area contributed by atoms with Crippen molar-refractivity contribution in [1.82, 2.24) is 0 Å². The predicted octanol–water partition coefficient (Wildman–Crippen LogP) is 2.53. The number of anilines is 1. The number of hydrogen-bond donors (Lipinski definition) is 1. The first kappa shape index (κ1) is 13.0. The first-order valence-corrected chi connectivity index (χ1v) is 5.89. The summed E-state index contributed by atoms with van der Waals surface area (Å²) in [4.78, 5) is 11.4. The van der Waals surface area contributed by atoms with Gasteiger partial charge in [-0.05, 0) is 31.5 Å². The van der Waals surface area contributed by atoms with E-state index < -0.39 is 4.32 Å². The third-order valence-electron chi connectivity index (χ3n) is 2.09. The van der Waals surface area contributed by atoms with Crippen molar-refractivity contribution < 1.29 is 9.53 Å². The molecule has 0 unspecified atom stereocenters. The molecule has 0 aliphatic heterocycles. The predicted molar refractivity (Wildman–Crippen MR) is 68.5 cm³/mol. The van der Waals surface area contributed by atoms with Gasteiger partial charge in [0.2, 0.25) is 0 Å². The number of alkyl halides is 1. The Balaban J connectivity index is 2.36. The summed E-state index contributed by atoms with van der Waals surface area (Å²) in [6, 6.07) is 7.54. The van der Waals surface area contributed by atoms with E-state index in [-0.39, 0.29) is 5.97 Å². The molecule has 0 heterocycles. The Morgan fingerprint density at radius 2 is 1.94 bits per heavy atom. The van der Waals surface area contributed by atoms with Gasteiger partial charge in [-0.1, -0.05) is 28.1 Å². The Bertz CT molecular complexity index is 354. The van der Waals surface area contributed by atoms with Gasteiger partial charge in [-0.2, -0.15) is 0 Å². The Kier molecular flexibility index (Phi) is 4.35. The van der Waals surface area contributed by atoms with E-state index in [1.807, 2.05) is 24.3 Å². The second kappa shape index (κ2) is 5.34. The van der Waals surface area contributed by atoms with Gasteiger partial charge in [0.1, 0.15) is 4.32 Å². The van der Waals surface area contributed by atoms with Crippen molar-refractivity contribution in [3.63, 3.8) is 0 Å². The Hall–Kier alpha value is -1.03. The Labute approximate surface area is 104 Å². The molecule has 0 saturated carbocycles. The summed E-state index contributed by atoms with van der Waals surface area (Å²) < 4.78 is 4.51. The normalized spacial score (nSPS) is 11.2. The molecule has 0 amide bonds. The van der Waals surface area contributed by atoms with Crippen LogP contribution in [0.2, 0.25) is 0 Å². The fourth-order valence-corrected chi connectivity index (χ4v) is 1.23. The van der Waals surface area contributed by atoms with Crippen molar-refractivity contribution in [2.45, 2.75) is 24.6 Å². The van der Waals surface area contributed by atoms with Crippen LogP contribution in [0, 0.1) is 0 Å². The zero-order chi connectivity index (χ0) is 12.2. The van der Waals surface area contributed by atoms with Crippen LogP contribution in [0.1, 0.15) is 19.4 Å². The Morgan fingerprint density at radius 1 is 1.38 bits per heavy atom. The fraction of sp³-hybridized carbons (Fsp3) is 0.417. The lowest BCUT2D eigenvalue weighted by Crippen LogP contribution is -2.27. The summed E-state index contributed by atoms with van der Waals surface area (Å²) in [7, 11) is 0. The minimum Gasteiger partial charge on any atom is -0.464 e. The first-order valence-electron chi connectivity index (χ1n) is 5.10. The van der Waals surface area contributed by atoms with E-state index in [4.69, 9.17) is 10.5 Å². The van der Waals surface area contributed by atoms with Gasteiger partial charge < -0.3 is 10.5 Å². The van der Waals surface area contributed by atoms with Crippen molar-refractivity contribution in [2.24, 2.45) is 0 Å². The number of carbonyl (C=O) groups is 1. The largest absolute Gasteiger partial charge is 0.464 e. The van der Waals surface area contributed by atoms with Crippen LogP contribution in [0.25, 0.3) is 0 Å². The molecule has 1 aromatic rings. The van der Waals surface area contributed by atoms with E-state index in [0.717, 1.165) is 11.3 Å². The highest BCUT2D eigenvalue weighted by atomic mass is 79.9. The molecule has 0 fully saturated rings. The number of hydrogen-bond acceptors (Lipinski definition) is 3. The molecular weight excluding hydrogens is 270 g/mol. The number of esters is 1. The van der Waals surface area contributed by atoms with E-state index >= 15 is 0 Å². The highest BCUT2D eigenvalue weighted by Crippen LogP contribution is 2.17. The molecule has 4 heteroatoms. The summed E-state index contributed by atoms with van der Waals surface area (Å²) in [6.45, 7) is 3.91. The molecule has 0 aliphatic rings. The average Bonchev–Trinajstić information content (AvgIpc) is 2.19. The minimum atomic E-state index is -0.617. The van der Waals surface area contributed by atoms with Crippen molar-refractivity contribution in [3.8, 4) is 0 Å². The van der Waals surface area contributed by atoms with Gasteiger partial charge in [0, 0.05) is 12.1 Å². The zero-order valence-electron chi connectivity index (χ0n) is 9.50. The van der Waals surface area contributed by atoms with Crippen LogP contribution in [0.3, 0.4) is 0 Å². The number of benzene rings is 1. The smallest absolute Gasteiger partial charge is 0.322 e. The van der Waals surface area contributed by atoms with Gasteiger partial charge in [-0.3, -0.25) is 4.79 Å². The third kappa shape index (κ3) is 4.23. The van der Waals surface area contributed by atoms with Crippen LogP contribution >= 0.6 is 15.9 Å². The lowest BCUT2D eigenvalue weighted by molar-refractivity contribution is -0.145. The molecule has 16 heavy (non-hydrogen) atoms. The number of halogens is 1. The van der Waals surface area contributed by atoms with Crippen molar-refractivity contribution in [1.29, 1.82) is 0 Å². The quantitative estimate of drug-likeness (QED) is 0.525. The van der Waals surface area contributed by atoms with Crippen LogP contribution in [0.5, 0.6) is 0 Å². The summed E-state index contributed by atoms with van der Waals surface area (Å²) >= 11 is 3.25. The summed E-state index contributed by atoms with van der Waals surface area (Å²) in [5.74, 6) is -0.247. The second-order valence-corrected chi connectivity index (χ2v) is 6.08. The van der Waals surface area contributed by atoms with Gasteiger partial charge >= 0.3 is 5.97 Å². The van der Waals surface area contributed by atoms with E-state index in [2.05, 4.69) is 15.9 Å².